The highest BCUT2D eigenvalue weighted by atomic mass is 16.5. The van der Waals surface area contributed by atoms with Crippen LogP contribution in [0.1, 0.15) is 41.3 Å². The molecule has 0 saturated carbocycles. The van der Waals surface area contributed by atoms with Crippen molar-refractivity contribution in [1.82, 2.24) is 0 Å². The van der Waals surface area contributed by atoms with Crippen molar-refractivity contribution in [2.24, 2.45) is 5.92 Å². The van der Waals surface area contributed by atoms with Crippen LogP contribution in [0, 0.1) is 5.92 Å². The van der Waals surface area contributed by atoms with E-state index in [0.29, 0.717) is 11.3 Å². The number of carbonyl (C=O) groups is 2. The summed E-state index contributed by atoms with van der Waals surface area (Å²) in [6.07, 6.45) is 0. The summed E-state index contributed by atoms with van der Waals surface area (Å²) in [5, 5.41) is 12.1. The van der Waals surface area contributed by atoms with E-state index < -0.39 is 5.97 Å². The maximum Gasteiger partial charge on any atom is 0.335 e. The minimum absolute atomic E-state index is 0.100. The highest BCUT2D eigenvalue weighted by Gasteiger charge is 2.24. The molecule has 0 heterocycles. The van der Waals surface area contributed by atoms with Gasteiger partial charge in [-0.25, -0.2) is 4.79 Å². The van der Waals surface area contributed by atoms with Gasteiger partial charge in [0, 0.05) is 12.8 Å². The fourth-order valence-electron chi connectivity index (χ4n) is 2.86. The number of carboxylic acid groups (broad SMARTS) is 1. The van der Waals surface area contributed by atoms with E-state index in [9.17, 15) is 14.7 Å². The topological polar surface area (TPSA) is 75.6 Å². The number of ether oxygens (including phenoxy) is 1. The average molecular weight is 341 g/mol. The molecule has 0 aromatic heterocycles. The molecule has 0 radical (unpaired) electrons. The Balaban J connectivity index is 2.30. The van der Waals surface area contributed by atoms with E-state index >= 15 is 0 Å². The van der Waals surface area contributed by atoms with E-state index in [1.165, 1.54) is 13.2 Å². The first-order valence-corrected chi connectivity index (χ1v) is 8.14. The summed E-state index contributed by atoms with van der Waals surface area (Å²) >= 11 is 0. The Morgan fingerprint density at radius 3 is 2.36 bits per heavy atom. The Labute approximate surface area is 147 Å². The largest absolute Gasteiger partial charge is 0.478 e. The lowest BCUT2D eigenvalue weighted by Crippen LogP contribution is -2.25. The SMILES string of the molecule is COCc1cc(NC(=O)C(c2ccccc2)C(C)C)cc(C(=O)O)c1. The molecule has 1 amide bonds. The Morgan fingerprint density at radius 2 is 1.80 bits per heavy atom. The molecule has 25 heavy (non-hydrogen) atoms. The van der Waals surface area contributed by atoms with Crippen molar-refractivity contribution >= 4 is 17.6 Å². The van der Waals surface area contributed by atoms with Crippen molar-refractivity contribution in [2.75, 3.05) is 12.4 Å². The van der Waals surface area contributed by atoms with E-state index in [0.717, 1.165) is 5.56 Å². The van der Waals surface area contributed by atoms with Gasteiger partial charge in [-0.2, -0.15) is 0 Å². The molecular formula is C20H23NO4. The number of hydrogen-bond acceptors (Lipinski definition) is 3. The molecule has 2 rings (SSSR count). The molecule has 0 saturated heterocycles. The molecule has 2 N–H and O–H groups in total. The lowest BCUT2D eigenvalue weighted by atomic mass is 9.87. The number of carboxylic acids is 1. The molecule has 0 aliphatic rings. The summed E-state index contributed by atoms with van der Waals surface area (Å²) in [5.41, 5.74) is 2.20. The van der Waals surface area contributed by atoms with Gasteiger partial charge >= 0.3 is 5.97 Å². The monoisotopic (exact) mass is 341 g/mol. The molecule has 0 fully saturated rings. The van der Waals surface area contributed by atoms with Crippen LogP contribution in [0.3, 0.4) is 0 Å². The fraction of sp³-hybridized carbons (Fsp3) is 0.300. The number of aromatic carboxylic acids is 1. The first-order valence-electron chi connectivity index (χ1n) is 8.14. The predicted molar refractivity (Wildman–Crippen MR) is 96.8 cm³/mol. The minimum atomic E-state index is -1.04. The number of nitrogens with one attached hydrogen (secondary N) is 1. The van der Waals surface area contributed by atoms with Crippen LogP contribution >= 0.6 is 0 Å². The van der Waals surface area contributed by atoms with Crippen LogP contribution in [0.15, 0.2) is 48.5 Å². The molecule has 1 unspecified atom stereocenters. The quantitative estimate of drug-likeness (QED) is 0.800. The molecule has 0 spiro atoms. The molecule has 2 aromatic carbocycles. The van der Waals surface area contributed by atoms with Gasteiger partial charge in [0.05, 0.1) is 18.1 Å². The Morgan fingerprint density at radius 1 is 1.12 bits per heavy atom. The summed E-state index contributed by atoms with van der Waals surface area (Å²) in [6, 6.07) is 14.3. The van der Waals surface area contributed by atoms with E-state index in [4.69, 9.17) is 4.74 Å². The lowest BCUT2D eigenvalue weighted by molar-refractivity contribution is -0.118. The van der Waals surface area contributed by atoms with E-state index in [2.05, 4.69) is 5.32 Å². The van der Waals surface area contributed by atoms with Gasteiger partial charge < -0.3 is 15.2 Å². The lowest BCUT2D eigenvalue weighted by Gasteiger charge is -2.21. The van der Waals surface area contributed by atoms with Crippen molar-refractivity contribution in [2.45, 2.75) is 26.4 Å². The van der Waals surface area contributed by atoms with Crippen molar-refractivity contribution in [3.8, 4) is 0 Å². The molecule has 2 aromatic rings. The number of anilines is 1. The van der Waals surface area contributed by atoms with Crippen LogP contribution in [-0.2, 0) is 16.1 Å². The number of rotatable bonds is 7. The number of carbonyl (C=O) groups excluding carboxylic acids is 1. The van der Waals surface area contributed by atoms with Crippen LogP contribution in [0.2, 0.25) is 0 Å². The van der Waals surface area contributed by atoms with Crippen LogP contribution in [0.25, 0.3) is 0 Å². The number of methoxy groups -OCH3 is 1. The fourth-order valence-corrected chi connectivity index (χ4v) is 2.86. The third-order valence-corrected chi connectivity index (χ3v) is 3.93. The molecule has 0 aliphatic carbocycles. The summed E-state index contributed by atoms with van der Waals surface area (Å²) < 4.78 is 5.07. The molecule has 5 nitrogen and oxygen atoms in total. The summed E-state index contributed by atoms with van der Waals surface area (Å²) in [5.74, 6) is -1.42. The van der Waals surface area contributed by atoms with Gasteiger partial charge in [0.2, 0.25) is 5.91 Å². The number of hydrogen-bond donors (Lipinski definition) is 2. The number of benzene rings is 2. The van der Waals surface area contributed by atoms with Crippen LogP contribution < -0.4 is 5.32 Å². The third kappa shape index (κ3) is 4.90. The second-order valence-corrected chi connectivity index (χ2v) is 6.28. The van der Waals surface area contributed by atoms with E-state index in [1.54, 1.807) is 12.1 Å². The highest BCUT2D eigenvalue weighted by Crippen LogP contribution is 2.26. The molecule has 5 heteroatoms. The maximum atomic E-state index is 12.8. The van der Waals surface area contributed by atoms with Crippen LogP contribution in [0.4, 0.5) is 5.69 Å². The highest BCUT2D eigenvalue weighted by molar-refractivity contribution is 5.97. The number of amides is 1. The van der Waals surface area contributed by atoms with E-state index in [1.807, 2.05) is 44.2 Å². The normalized spacial score (nSPS) is 12.0. The minimum Gasteiger partial charge on any atom is -0.478 e. The van der Waals surface area contributed by atoms with Crippen molar-refractivity contribution < 1.29 is 19.4 Å². The molecule has 0 bridgehead atoms. The smallest absolute Gasteiger partial charge is 0.335 e. The van der Waals surface area contributed by atoms with Gasteiger partial charge in [-0.05, 0) is 35.2 Å². The van der Waals surface area contributed by atoms with Gasteiger partial charge in [-0.1, -0.05) is 44.2 Å². The second kappa shape index (κ2) is 8.44. The van der Waals surface area contributed by atoms with Crippen LogP contribution in [-0.4, -0.2) is 24.1 Å². The summed E-state index contributed by atoms with van der Waals surface area (Å²) in [4.78, 5) is 24.1. The maximum absolute atomic E-state index is 12.8. The van der Waals surface area contributed by atoms with E-state index in [-0.39, 0.29) is 29.9 Å². The molecule has 1 atom stereocenters. The Hall–Kier alpha value is -2.66. The summed E-state index contributed by atoms with van der Waals surface area (Å²) in [7, 11) is 1.54. The zero-order valence-corrected chi connectivity index (χ0v) is 14.7. The van der Waals surface area contributed by atoms with Crippen molar-refractivity contribution in [3.05, 3.63) is 65.2 Å². The zero-order chi connectivity index (χ0) is 18.4. The van der Waals surface area contributed by atoms with Crippen molar-refractivity contribution in [3.63, 3.8) is 0 Å². The molecule has 132 valence electrons. The third-order valence-electron chi connectivity index (χ3n) is 3.93. The first-order chi connectivity index (χ1) is 11.9. The Bertz CT molecular complexity index is 741. The predicted octanol–water partition coefficient (Wildman–Crippen LogP) is 3.91. The van der Waals surface area contributed by atoms with Crippen molar-refractivity contribution in [1.29, 1.82) is 0 Å². The van der Waals surface area contributed by atoms with Gasteiger partial charge in [0.25, 0.3) is 0 Å². The zero-order valence-electron chi connectivity index (χ0n) is 14.7. The van der Waals surface area contributed by atoms with Gasteiger partial charge in [-0.3, -0.25) is 4.79 Å². The molecule has 0 aliphatic heterocycles. The first kappa shape index (κ1) is 18.7. The standard InChI is InChI=1S/C20H23NO4/c1-13(2)18(15-7-5-4-6-8-15)19(22)21-17-10-14(12-25-3)9-16(11-17)20(23)24/h4-11,13,18H,12H2,1-3H3,(H,21,22)(H,23,24). The van der Waals surface area contributed by atoms with Gasteiger partial charge in [-0.15, -0.1) is 0 Å². The van der Waals surface area contributed by atoms with Gasteiger partial charge in [0.1, 0.15) is 0 Å². The second-order valence-electron chi connectivity index (χ2n) is 6.28. The molecular weight excluding hydrogens is 318 g/mol. The Kier molecular flexibility index (Phi) is 6.31. The van der Waals surface area contributed by atoms with Gasteiger partial charge in [0.15, 0.2) is 0 Å². The van der Waals surface area contributed by atoms with Crippen LogP contribution in [0.5, 0.6) is 0 Å². The summed E-state index contributed by atoms with van der Waals surface area (Å²) in [6.45, 7) is 4.25. The average Bonchev–Trinajstić information content (AvgIpc) is 2.55.